The van der Waals surface area contributed by atoms with Gasteiger partial charge in [-0.1, -0.05) is 26.8 Å². The van der Waals surface area contributed by atoms with Crippen LogP contribution in [-0.4, -0.2) is 19.9 Å². The number of pyridine rings is 1. The van der Waals surface area contributed by atoms with E-state index < -0.39 is 8.32 Å². The zero-order valence-corrected chi connectivity index (χ0v) is 14.7. The molecule has 1 aromatic rings. The molecule has 1 rings (SSSR count). The molecule has 0 bridgehead atoms. The van der Waals surface area contributed by atoms with Gasteiger partial charge < -0.3 is 4.43 Å². The largest absolute Gasteiger partial charge is 0.417 e. The van der Waals surface area contributed by atoms with Gasteiger partial charge in [-0.05, 0) is 58.5 Å². The Hall–Kier alpha value is -0.193. The average molecular weight is 330 g/mol. The molecule has 0 aliphatic heterocycles. The quantitative estimate of drug-likeness (QED) is 0.439. The summed E-state index contributed by atoms with van der Waals surface area (Å²) in [5.41, 5.74) is 1.28. The molecule has 0 amide bonds. The highest BCUT2D eigenvalue weighted by molar-refractivity contribution is 9.10. The van der Waals surface area contributed by atoms with Gasteiger partial charge in [-0.15, -0.1) is 0 Å². The van der Waals surface area contributed by atoms with E-state index in [1.807, 2.05) is 12.3 Å². The summed E-state index contributed by atoms with van der Waals surface area (Å²) in [7, 11) is -1.58. The molecular weight excluding hydrogens is 306 g/mol. The Morgan fingerprint density at radius 2 is 1.94 bits per heavy atom. The van der Waals surface area contributed by atoms with Crippen LogP contribution in [0, 0.1) is 0 Å². The zero-order chi connectivity index (χ0) is 13.8. The molecule has 1 aromatic heterocycles. The fourth-order valence-electron chi connectivity index (χ4n) is 1.37. The van der Waals surface area contributed by atoms with Crippen LogP contribution in [-0.2, 0) is 10.8 Å². The van der Waals surface area contributed by atoms with Crippen LogP contribution in [0.5, 0.6) is 0 Å². The first-order valence-corrected chi connectivity index (χ1v) is 10.2. The summed E-state index contributed by atoms with van der Waals surface area (Å²) >= 11 is 3.34. The summed E-state index contributed by atoms with van der Waals surface area (Å²) in [6, 6.07) is 4.10. The molecule has 0 N–H and O–H groups in total. The van der Waals surface area contributed by atoms with Gasteiger partial charge >= 0.3 is 0 Å². The molecular formula is C14H24BrNOSi. The molecule has 0 saturated heterocycles. The van der Waals surface area contributed by atoms with E-state index in [0.29, 0.717) is 5.04 Å². The van der Waals surface area contributed by atoms with Crippen molar-refractivity contribution in [3.8, 4) is 0 Å². The number of rotatable bonds is 5. The summed E-state index contributed by atoms with van der Waals surface area (Å²) in [5, 5.41) is 0.298. The van der Waals surface area contributed by atoms with E-state index in [0.717, 1.165) is 24.1 Å². The number of aryl methyl sites for hydroxylation is 1. The van der Waals surface area contributed by atoms with Crippen molar-refractivity contribution in [1.82, 2.24) is 4.98 Å². The standard InChI is InChI=1S/C14H24BrNOSi/c1-14(2,3)18(4,5)17-10-6-7-12-8-9-13(15)16-11-12/h8-9,11H,6-7,10H2,1-5H3. The lowest BCUT2D eigenvalue weighted by atomic mass is 10.2. The van der Waals surface area contributed by atoms with Crippen LogP contribution in [0.3, 0.4) is 0 Å². The topological polar surface area (TPSA) is 22.1 Å². The first-order chi connectivity index (χ1) is 8.22. The molecule has 18 heavy (non-hydrogen) atoms. The summed E-state index contributed by atoms with van der Waals surface area (Å²) < 4.78 is 7.04. The minimum absolute atomic E-state index is 0.298. The van der Waals surface area contributed by atoms with Gasteiger partial charge in [-0.2, -0.15) is 0 Å². The van der Waals surface area contributed by atoms with E-state index in [1.165, 1.54) is 5.56 Å². The van der Waals surface area contributed by atoms with Crippen LogP contribution in [0.2, 0.25) is 18.1 Å². The molecule has 0 fully saturated rings. The van der Waals surface area contributed by atoms with Crippen LogP contribution >= 0.6 is 15.9 Å². The highest BCUT2D eigenvalue weighted by Gasteiger charge is 2.36. The van der Waals surface area contributed by atoms with Gasteiger partial charge in [0.1, 0.15) is 4.60 Å². The molecule has 0 aliphatic rings. The van der Waals surface area contributed by atoms with Gasteiger partial charge in [0.15, 0.2) is 8.32 Å². The Morgan fingerprint density at radius 3 is 2.44 bits per heavy atom. The molecule has 2 nitrogen and oxygen atoms in total. The van der Waals surface area contributed by atoms with E-state index in [-0.39, 0.29) is 0 Å². The van der Waals surface area contributed by atoms with Gasteiger partial charge in [0.2, 0.25) is 0 Å². The molecule has 0 unspecified atom stereocenters. The Morgan fingerprint density at radius 1 is 1.28 bits per heavy atom. The molecule has 1 heterocycles. The van der Waals surface area contributed by atoms with Crippen molar-refractivity contribution >= 4 is 24.2 Å². The second kappa shape index (κ2) is 6.31. The maximum atomic E-state index is 6.15. The molecule has 0 atom stereocenters. The van der Waals surface area contributed by atoms with E-state index in [2.05, 4.69) is 60.8 Å². The predicted molar refractivity (Wildman–Crippen MR) is 83.4 cm³/mol. The third-order valence-electron chi connectivity index (χ3n) is 3.67. The summed E-state index contributed by atoms with van der Waals surface area (Å²) in [5.74, 6) is 0. The van der Waals surface area contributed by atoms with Crippen LogP contribution in [0.15, 0.2) is 22.9 Å². The molecule has 102 valence electrons. The fraction of sp³-hybridized carbons (Fsp3) is 0.643. The van der Waals surface area contributed by atoms with Crippen molar-refractivity contribution in [1.29, 1.82) is 0 Å². The van der Waals surface area contributed by atoms with Crippen molar-refractivity contribution in [2.75, 3.05) is 6.61 Å². The lowest BCUT2D eigenvalue weighted by molar-refractivity contribution is 0.282. The third kappa shape index (κ3) is 4.82. The monoisotopic (exact) mass is 329 g/mol. The molecule has 4 heteroatoms. The summed E-state index contributed by atoms with van der Waals surface area (Å²) in [6.07, 6.45) is 4.03. The smallest absolute Gasteiger partial charge is 0.191 e. The van der Waals surface area contributed by atoms with Crippen molar-refractivity contribution in [2.24, 2.45) is 0 Å². The van der Waals surface area contributed by atoms with Crippen molar-refractivity contribution in [3.63, 3.8) is 0 Å². The van der Waals surface area contributed by atoms with Gasteiger partial charge in [0, 0.05) is 12.8 Å². The predicted octanol–water partition coefficient (Wildman–Crippen LogP) is 4.80. The number of hydrogen-bond donors (Lipinski definition) is 0. The number of aromatic nitrogens is 1. The normalized spacial score (nSPS) is 12.8. The number of nitrogens with zero attached hydrogens (tertiary/aromatic N) is 1. The summed E-state index contributed by atoms with van der Waals surface area (Å²) in [4.78, 5) is 4.23. The van der Waals surface area contributed by atoms with Crippen LogP contribution in [0.25, 0.3) is 0 Å². The Balaban J connectivity index is 2.33. The SMILES string of the molecule is CC(C)(C)[Si](C)(C)OCCCc1ccc(Br)nc1. The first-order valence-electron chi connectivity index (χ1n) is 6.47. The fourth-order valence-corrected chi connectivity index (χ4v) is 2.70. The molecule has 0 radical (unpaired) electrons. The molecule has 0 aliphatic carbocycles. The summed E-state index contributed by atoms with van der Waals surface area (Å²) in [6.45, 7) is 12.3. The molecule has 0 aromatic carbocycles. The number of halogens is 1. The minimum atomic E-state index is -1.58. The minimum Gasteiger partial charge on any atom is -0.417 e. The van der Waals surface area contributed by atoms with Gasteiger partial charge in [-0.25, -0.2) is 4.98 Å². The first kappa shape index (κ1) is 15.9. The zero-order valence-electron chi connectivity index (χ0n) is 12.1. The molecule has 0 saturated carbocycles. The maximum Gasteiger partial charge on any atom is 0.191 e. The highest BCUT2D eigenvalue weighted by Crippen LogP contribution is 2.36. The van der Waals surface area contributed by atoms with E-state index in [1.54, 1.807) is 0 Å². The Kier molecular flexibility index (Phi) is 5.56. The lowest BCUT2D eigenvalue weighted by Gasteiger charge is -2.36. The number of hydrogen-bond acceptors (Lipinski definition) is 2. The van der Waals surface area contributed by atoms with E-state index in [4.69, 9.17) is 4.43 Å². The van der Waals surface area contributed by atoms with Gasteiger partial charge in [-0.3, -0.25) is 0 Å². The van der Waals surface area contributed by atoms with Gasteiger partial charge in [0.25, 0.3) is 0 Å². The van der Waals surface area contributed by atoms with Crippen LogP contribution in [0.4, 0.5) is 0 Å². The van der Waals surface area contributed by atoms with Crippen molar-refractivity contribution < 1.29 is 4.43 Å². The second-order valence-electron chi connectivity index (χ2n) is 6.20. The van der Waals surface area contributed by atoms with Crippen LogP contribution in [0.1, 0.15) is 32.8 Å². The maximum absolute atomic E-state index is 6.15. The Bertz CT molecular complexity index is 370. The van der Waals surface area contributed by atoms with Crippen molar-refractivity contribution in [3.05, 3.63) is 28.5 Å². The highest BCUT2D eigenvalue weighted by atomic mass is 79.9. The van der Waals surface area contributed by atoms with Crippen LogP contribution < -0.4 is 0 Å². The average Bonchev–Trinajstić information content (AvgIpc) is 2.25. The van der Waals surface area contributed by atoms with E-state index in [9.17, 15) is 0 Å². The van der Waals surface area contributed by atoms with Gasteiger partial charge in [0.05, 0.1) is 0 Å². The Labute approximate surface area is 120 Å². The van der Waals surface area contributed by atoms with E-state index >= 15 is 0 Å². The molecule has 0 spiro atoms. The lowest BCUT2D eigenvalue weighted by Crippen LogP contribution is -2.41. The van der Waals surface area contributed by atoms with Crippen molar-refractivity contribution in [2.45, 2.75) is 51.7 Å². The third-order valence-corrected chi connectivity index (χ3v) is 8.67. The second-order valence-corrected chi connectivity index (χ2v) is 11.8.